The smallest absolute Gasteiger partial charge is 0.318 e. The summed E-state index contributed by atoms with van der Waals surface area (Å²) < 4.78 is 29.8. The molecule has 3 atom stereocenters. The molecule has 3 aromatic rings. The van der Waals surface area contributed by atoms with E-state index in [9.17, 15) is 9.18 Å². The molecule has 248 valence electrons. The minimum atomic E-state index is -0.825. The Hall–Kier alpha value is -3.28. The zero-order chi connectivity index (χ0) is 31.8. The average Bonchev–Trinajstić information content (AvgIpc) is 3.89. The fraction of sp³-hybridized carbons (Fsp3) is 0.600. The summed E-state index contributed by atoms with van der Waals surface area (Å²) in [5.41, 5.74) is 4.94. The van der Waals surface area contributed by atoms with Crippen molar-refractivity contribution >= 4 is 23.3 Å². The number of benzene rings is 1. The summed E-state index contributed by atoms with van der Waals surface area (Å²) in [5.74, 6) is 0.824. The number of halogens is 2. The van der Waals surface area contributed by atoms with Crippen LogP contribution in [0.4, 0.5) is 10.2 Å². The number of hydrogen-bond donors (Lipinski definition) is 0. The summed E-state index contributed by atoms with van der Waals surface area (Å²) in [7, 11) is 0. The fourth-order valence-corrected chi connectivity index (χ4v) is 9.43. The van der Waals surface area contributed by atoms with Crippen LogP contribution in [0.15, 0.2) is 24.3 Å². The standard InChI is InChI=1S/C35H41ClFN7O3/c36-28-7-3-6-27-25(28)8-10-35(27)18-30-26(21-47-35)31(39-33(38-30)46-22-34-9-4-14-43(34)19-23(37)17-34)42-13-5-15-44-24(20-42)16-29(40-44)32(45)41-11-1-2-12-41/h3,6-7,16,23H,1-2,4-5,8-15,17-22H2/t23-,34+,35+/m1/s1. The minimum absolute atomic E-state index is 0.0168. The Morgan fingerprint density at radius 1 is 1.06 bits per heavy atom. The van der Waals surface area contributed by atoms with Crippen LogP contribution < -0.4 is 9.64 Å². The first-order chi connectivity index (χ1) is 22.9. The Balaban J connectivity index is 1.06. The Kier molecular flexibility index (Phi) is 7.24. The number of fused-ring (bicyclic) bond motifs is 5. The van der Waals surface area contributed by atoms with Gasteiger partial charge in [-0.05, 0) is 74.8 Å². The molecule has 1 aliphatic carbocycles. The molecule has 0 bridgehead atoms. The molecule has 10 nitrogen and oxygen atoms in total. The first-order valence-electron chi connectivity index (χ1n) is 17.3. The predicted octanol–water partition coefficient (Wildman–Crippen LogP) is 4.84. The van der Waals surface area contributed by atoms with Gasteiger partial charge in [-0.1, -0.05) is 23.7 Å². The molecule has 0 N–H and O–H groups in total. The van der Waals surface area contributed by atoms with Gasteiger partial charge in [0.25, 0.3) is 5.91 Å². The molecule has 0 saturated carbocycles. The lowest BCUT2D eigenvalue weighted by Crippen LogP contribution is -2.43. The first-order valence-corrected chi connectivity index (χ1v) is 17.7. The summed E-state index contributed by atoms with van der Waals surface area (Å²) >= 11 is 6.63. The van der Waals surface area contributed by atoms with E-state index in [2.05, 4.69) is 15.9 Å². The molecule has 3 fully saturated rings. The predicted molar refractivity (Wildman–Crippen MR) is 174 cm³/mol. The van der Waals surface area contributed by atoms with E-state index in [-0.39, 0.29) is 11.4 Å². The van der Waals surface area contributed by atoms with E-state index in [1.807, 2.05) is 27.8 Å². The van der Waals surface area contributed by atoms with Crippen molar-refractivity contribution in [2.24, 2.45) is 0 Å². The normalized spacial score (nSPS) is 28.3. The summed E-state index contributed by atoms with van der Waals surface area (Å²) in [4.78, 5) is 29.8. The van der Waals surface area contributed by atoms with Crippen molar-refractivity contribution in [3.63, 3.8) is 0 Å². The number of likely N-dealkylation sites (tertiary alicyclic amines) is 1. The Labute approximate surface area is 279 Å². The molecular weight excluding hydrogens is 621 g/mol. The van der Waals surface area contributed by atoms with Gasteiger partial charge in [0, 0.05) is 56.2 Å². The highest BCUT2D eigenvalue weighted by molar-refractivity contribution is 6.31. The molecular formula is C35H41ClFN7O3. The van der Waals surface area contributed by atoms with Crippen LogP contribution in [0.2, 0.25) is 5.02 Å². The van der Waals surface area contributed by atoms with E-state index < -0.39 is 11.8 Å². The molecule has 0 radical (unpaired) electrons. The maximum Gasteiger partial charge on any atom is 0.318 e. The van der Waals surface area contributed by atoms with Crippen LogP contribution in [0.1, 0.15) is 83.5 Å². The van der Waals surface area contributed by atoms with Gasteiger partial charge in [0.15, 0.2) is 5.69 Å². The molecule has 1 spiro atoms. The number of hydrogen-bond acceptors (Lipinski definition) is 8. The topological polar surface area (TPSA) is 88.8 Å². The third-order valence-corrected chi connectivity index (χ3v) is 11.9. The Morgan fingerprint density at radius 2 is 1.96 bits per heavy atom. The van der Waals surface area contributed by atoms with E-state index in [4.69, 9.17) is 36.1 Å². The number of aryl methyl sites for hydroxylation is 1. The van der Waals surface area contributed by atoms with E-state index in [0.29, 0.717) is 50.8 Å². The van der Waals surface area contributed by atoms with Gasteiger partial charge in [-0.3, -0.25) is 14.4 Å². The highest BCUT2D eigenvalue weighted by atomic mass is 35.5. The average molecular weight is 662 g/mol. The van der Waals surface area contributed by atoms with E-state index in [1.54, 1.807) is 0 Å². The van der Waals surface area contributed by atoms with Crippen molar-refractivity contribution in [3.05, 3.63) is 63.1 Å². The second kappa shape index (κ2) is 11.4. The number of nitrogens with zero attached hydrogens (tertiary/aromatic N) is 7. The molecule has 12 heteroatoms. The molecule has 47 heavy (non-hydrogen) atoms. The highest BCUT2D eigenvalue weighted by Crippen LogP contribution is 2.49. The third-order valence-electron chi connectivity index (χ3n) is 11.5. The van der Waals surface area contributed by atoms with Crippen LogP contribution in [0.3, 0.4) is 0 Å². The van der Waals surface area contributed by atoms with Gasteiger partial charge in [-0.2, -0.15) is 15.1 Å². The number of carbonyl (C=O) groups excluding carboxylic acids is 1. The van der Waals surface area contributed by atoms with Gasteiger partial charge >= 0.3 is 6.01 Å². The van der Waals surface area contributed by atoms with Crippen LogP contribution in [0.25, 0.3) is 0 Å². The summed E-state index contributed by atoms with van der Waals surface area (Å²) in [6.07, 6.45) is 6.91. The van der Waals surface area contributed by atoms with Crippen LogP contribution in [-0.2, 0) is 42.9 Å². The second-order valence-corrected chi connectivity index (χ2v) is 14.8. The largest absolute Gasteiger partial charge is 0.461 e. The lowest BCUT2D eigenvalue weighted by Gasteiger charge is -2.37. The highest BCUT2D eigenvalue weighted by Gasteiger charge is 2.50. The van der Waals surface area contributed by atoms with E-state index in [1.165, 1.54) is 0 Å². The minimum Gasteiger partial charge on any atom is -0.461 e. The molecule has 1 amide bonds. The molecule has 1 aromatic carbocycles. The van der Waals surface area contributed by atoms with E-state index >= 15 is 0 Å². The number of rotatable bonds is 5. The summed E-state index contributed by atoms with van der Waals surface area (Å²) in [6.45, 7) is 5.80. The van der Waals surface area contributed by atoms with Crippen LogP contribution in [0.5, 0.6) is 6.01 Å². The molecule has 0 unspecified atom stereocenters. The summed E-state index contributed by atoms with van der Waals surface area (Å²) in [5, 5.41) is 5.53. The van der Waals surface area contributed by atoms with Crippen molar-refractivity contribution in [3.8, 4) is 6.01 Å². The van der Waals surface area contributed by atoms with Gasteiger partial charge in [0.2, 0.25) is 0 Å². The van der Waals surface area contributed by atoms with Gasteiger partial charge in [-0.25, -0.2) is 4.39 Å². The number of aromatic nitrogens is 4. The maximum atomic E-state index is 14.6. The van der Waals surface area contributed by atoms with Crippen LogP contribution in [-0.4, -0.2) is 86.5 Å². The second-order valence-electron chi connectivity index (χ2n) is 14.4. The molecule has 9 rings (SSSR count). The maximum absolute atomic E-state index is 14.6. The Bertz CT molecular complexity index is 1730. The number of ether oxygens (including phenoxy) is 2. The fourth-order valence-electron chi connectivity index (χ4n) is 9.16. The van der Waals surface area contributed by atoms with Gasteiger partial charge < -0.3 is 19.3 Å². The van der Waals surface area contributed by atoms with Gasteiger partial charge in [-0.15, -0.1) is 0 Å². The zero-order valence-electron chi connectivity index (χ0n) is 26.7. The first kappa shape index (κ1) is 29.8. The van der Waals surface area contributed by atoms with Crippen LogP contribution >= 0.6 is 11.6 Å². The molecule has 3 saturated heterocycles. The van der Waals surface area contributed by atoms with Gasteiger partial charge in [0.1, 0.15) is 18.6 Å². The van der Waals surface area contributed by atoms with Crippen molar-refractivity contribution in [1.82, 2.24) is 29.5 Å². The number of amides is 1. The third kappa shape index (κ3) is 5.03. The molecule has 5 aliphatic heterocycles. The SMILES string of the molecule is O=C(c1cc2n(n1)CCCN(c1nc(OC[C@@]34CCCN3C[C@H](F)C4)nc3c1CO[C@@]1(CCc4c(Cl)cccc41)C3)C2)N1CCCC1. The number of carbonyl (C=O) groups is 1. The summed E-state index contributed by atoms with van der Waals surface area (Å²) in [6, 6.07) is 8.38. The zero-order valence-corrected chi connectivity index (χ0v) is 27.5. The molecule has 7 heterocycles. The number of alkyl halides is 1. The Morgan fingerprint density at radius 3 is 2.85 bits per heavy atom. The lowest BCUT2D eigenvalue weighted by molar-refractivity contribution is -0.0730. The lowest BCUT2D eigenvalue weighted by atomic mass is 9.87. The van der Waals surface area contributed by atoms with Crippen LogP contribution in [0, 0.1) is 0 Å². The van der Waals surface area contributed by atoms with E-state index in [0.717, 1.165) is 117 Å². The van der Waals surface area contributed by atoms with Crippen molar-refractivity contribution < 1.29 is 18.7 Å². The van der Waals surface area contributed by atoms with Crippen molar-refractivity contribution in [1.29, 1.82) is 0 Å². The molecule has 2 aromatic heterocycles. The van der Waals surface area contributed by atoms with Crippen molar-refractivity contribution in [2.45, 2.75) is 94.8 Å². The number of anilines is 1. The van der Waals surface area contributed by atoms with Gasteiger partial charge in [0.05, 0.1) is 35.7 Å². The quantitative estimate of drug-likeness (QED) is 0.384. The molecule has 6 aliphatic rings. The van der Waals surface area contributed by atoms with Crippen molar-refractivity contribution in [2.75, 3.05) is 44.2 Å². The monoisotopic (exact) mass is 661 g/mol.